The predicted octanol–water partition coefficient (Wildman–Crippen LogP) is 4.04. The van der Waals surface area contributed by atoms with Crippen molar-refractivity contribution in [3.8, 4) is 0 Å². The van der Waals surface area contributed by atoms with Gasteiger partial charge >= 0.3 is 0 Å². The average molecular weight is 318 g/mol. The van der Waals surface area contributed by atoms with E-state index in [0.29, 0.717) is 6.42 Å². The van der Waals surface area contributed by atoms with Crippen molar-refractivity contribution in [2.24, 2.45) is 0 Å². The molecule has 0 radical (unpaired) electrons. The Bertz CT molecular complexity index is 536. The molecule has 0 unspecified atom stereocenters. The lowest BCUT2D eigenvalue weighted by Crippen LogP contribution is -2.26. The van der Waals surface area contributed by atoms with E-state index in [4.69, 9.17) is 0 Å². The minimum Gasteiger partial charge on any atom is -0.315 e. The number of hydrogen-bond donors (Lipinski definition) is 0. The van der Waals surface area contributed by atoms with Gasteiger partial charge in [0.05, 0.1) is 0 Å². The average Bonchev–Trinajstić information content (AvgIpc) is 2.46. The molecular formula is C16H16BrNO. The maximum Gasteiger partial charge on any atom is 0.227 e. The van der Waals surface area contributed by atoms with Crippen molar-refractivity contribution in [3.63, 3.8) is 0 Å². The summed E-state index contributed by atoms with van der Waals surface area (Å²) in [6, 6.07) is 17.8. The molecule has 1 amide bonds. The zero-order valence-electron chi connectivity index (χ0n) is 10.8. The molecule has 19 heavy (non-hydrogen) atoms. The molecule has 0 heterocycles. The SMILES string of the molecule is CN(C(=O)CCc1ccccc1)c1ccc(Br)cc1. The molecule has 0 aliphatic carbocycles. The number of carbonyl (C=O) groups excluding carboxylic acids is 1. The molecule has 2 aromatic rings. The molecule has 2 rings (SSSR count). The van der Waals surface area contributed by atoms with Crippen LogP contribution < -0.4 is 4.90 Å². The molecule has 98 valence electrons. The van der Waals surface area contributed by atoms with Gasteiger partial charge in [0.25, 0.3) is 0 Å². The van der Waals surface area contributed by atoms with Crippen molar-refractivity contribution in [1.29, 1.82) is 0 Å². The molecule has 2 nitrogen and oxygen atoms in total. The third kappa shape index (κ3) is 3.93. The molecule has 0 saturated heterocycles. The number of hydrogen-bond acceptors (Lipinski definition) is 1. The highest BCUT2D eigenvalue weighted by Gasteiger charge is 2.10. The van der Waals surface area contributed by atoms with Crippen molar-refractivity contribution in [1.82, 2.24) is 0 Å². The molecule has 0 aromatic heterocycles. The number of carbonyl (C=O) groups is 1. The molecule has 0 spiro atoms. The lowest BCUT2D eigenvalue weighted by Gasteiger charge is -2.17. The number of amides is 1. The van der Waals surface area contributed by atoms with Crippen molar-refractivity contribution in [3.05, 3.63) is 64.6 Å². The molecule has 0 atom stereocenters. The Balaban J connectivity index is 1.94. The Hall–Kier alpha value is -1.61. The predicted molar refractivity (Wildman–Crippen MR) is 82.3 cm³/mol. The summed E-state index contributed by atoms with van der Waals surface area (Å²) in [5, 5.41) is 0. The number of halogens is 1. The monoisotopic (exact) mass is 317 g/mol. The van der Waals surface area contributed by atoms with Crippen LogP contribution in [0.4, 0.5) is 5.69 Å². The van der Waals surface area contributed by atoms with Gasteiger partial charge in [-0.2, -0.15) is 0 Å². The Morgan fingerprint density at radius 3 is 2.32 bits per heavy atom. The van der Waals surface area contributed by atoms with E-state index in [0.717, 1.165) is 16.6 Å². The van der Waals surface area contributed by atoms with Crippen LogP contribution in [0.1, 0.15) is 12.0 Å². The van der Waals surface area contributed by atoms with Crippen molar-refractivity contribution >= 4 is 27.5 Å². The van der Waals surface area contributed by atoms with Gasteiger partial charge in [0.15, 0.2) is 0 Å². The van der Waals surface area contributed by atoms with Crippen LogP contribution in [0.5, 0.6) is 0 Å². The molecule has 0 fully saturated rings. The Morgan fingerprint density at radius 2 is 1.68 bits per heavy atom. The first-order chi connectivity index (χ1) is 9.16. The molecule has 0 N–H and O–H groups in total. The van der Waals surface area contributed by atoms with Gasteiger partial charge < -0.3 is 4.90 Å². The Labute approximate surface area is 122 Å². The van der Waals surface area contributed by atoms with Gasteiger partial charge in [0, 0.05) is 23.6 Å². The van der Waals surface area contributed by atoms with E-state index in [1.54, 1.807) is 4.90 Å². The van der Waals surface area contributed by atoms with Crippen LogP contribution in [0, 0.1) is 0 Å². The smallest absolute Gasteiger partial charge is 0.227 e. The van der Waals surface area contributed by atoms with Crippen LogP contribution in [0.25, 0.3) is 0 Å². The van der Waals surface area contributed by atoms with Gasteiger partial charge in [-0.05, 0) is 36.2 Å². The van der Waals surface area contributed by atoms with E-state index in [1.807, 2.05) is 61.6 Å². The lowest BCUT2D eigenvalue weighted by atomic mass is 10.1. The highest BCUT2D eigenvalue weighted by atomic mass is 79.9. The van der Waals surface area contributed by atoms with Gasteiger partial charge in [-0.15, -0.1) is 0 Å². The van der Waals surface area contributed by atoms with Crippen LogP contribution in [-0.2, 0) is 11.2 Å². The Kier molecular flexibility index (Phi) is 4.74. The standard InChI is InChI=1S/C16H16BrNO/c1-18(15-10-8-14(17)9-11-15)16(19)12-7-13-5-3-2-4-6-13/h2-6,8-11H,7,12H2,1H3. The molecule has 2 aromatic carbocycles. The summed E-state index contributed by atoms with van der Waals surface area (Å²) in [5.41, 5.74) is 2.11. The van der Waals surface area contributed by atoms with Crippen LogP contribution in [0.15, 0.2) is 59.1 Å². The number of anilines is 1. The van der Waals surface area contributed by atoms with Crippen LogP contribution in [0.2, 0.25) is 0 Å². The minimum atomic E-state index is 0.131. The fraction of sp³-hybridized carbons (Fsp3) is 0.188. The third-order valence-electron chi connectivity index (χ3n) is 3.06. The van der Waals surface area contributed by atoms with E-state index >= 15 is 0 Å². The van der Waals surface area contributed by atoms with E-state index in [2.05, 4.69) is 15.9 Å². The summed E-state index contributed by atoms with van der Waals surface area (Å²) in [7, 11) is 1.82. The van der Waals surface area contributed by atoms with Crippen LogP contribution in [-0.4, -0.2) is 13.0 Å². The largest absolute Gasteiger partial charge is 0.315 e. The summed E-state index contributed by atoms with van der Waals surface area (Å²) >= 11 is 3.39. The van der Waals surface area contributed by atoms with E-state index in [-0.39, 0.29) is 5.91 Å². The molecule has 0 aliphatic rings. The first-order valence-corrected chi connectivity index (χ1v) is 7.02. The minimum absolute atomic E-state index is 0.131. The number of aryl methyl sites for hydroxylation is 1. The van der Waals surface area contributed by atoms with Crippen LogP contribution in [0.3, 0.4) is 0 Å². The first kappa shape index (κ1) is 13.8. The Morgan fingerprint density at radius 1 is 1.05 bits per heavy atom. The zero-order valence-corrected chi connectivity index (χ0v) is 12.4. The number of nitrogens with zero attached hydrogens (tertiary/aromatic N) is 1. The van der Waals surface area contributed by atoms with E-state index < -0.39 is 0 Å². The number of benzene rings is 2. The molecular weight excluding hydrogens is 302 g/mol. The summed E-state index contributed by atoms with van der Waals surface area (Å²) < 4.78 is 1.02. The highest BCUT2D eigenvalue weighted by molar-refractivity contribution is 9.10. The summed E-state index contributed by atoms with van der Waals surface area (Å²) in [6.45, 7) is 0. The highest BCUT2D eigenvalue weighted by Crippen LogP contribution is 2.18. The fourth-order valence-corrected chi connectivity index (χ4v) is 2.14. The topological polar surface area (TPSA) is 20.3 Å². The number of rotatable bonds is 4. The van der Waals surface area contributed by atoms with Gasteiger partial charge in [-0.1, -0.05) is 46.3 Å². The van der Waals surface area contributed by atoms with Gasteiger partial charge in [0.2, 0.25) is 5.91 Å². The summed E-state index contributed by atoms with van der Waals surface area (Å²) in [4.78, 5) is 13.8. The second-order valence-electron chi connectivity index (χ2n) is 4.41. The van der Waals surface area contributed by atoms with Gasteiger partial charge in [-0.3, -0.25) is 4.79 Å². The normalized spacial score (nSPS) is 10.2. The van der Waals surface area contributed by atoms with Gasteiger partial charge in [0.1, 0.15) is 0 Å². The summed E-state index contributed by atoms with van der Waals surface area (Å²) in [5.74, 6) is 0.131. The van der Waals surface area contributed by atoms with Crippen molar-refractivity contribution < 1.29 is 4.79 Å². The molecule has 0 saturated carbocycles. The maximum absolute atomic E-state index is 12.1. The molecule has 0 aliphatic heterocycles. The molecule has 0 bridgehead atoms. The van der Waals surface area contributed by atoms with Crippen molar-refractivity contribution in [2.75, 3.05) is 11.9 Å². The maximum atomic E-state index is 12.1. The fourth-order valence-electron chi connectivity index (χ4n) is 1.87. The van der Waals surface area contributed by atoms with Crippen molar-refractivity contribution in [2.45, 2.75) is 12.8 Å². The molecule has 3 heteroatoms. The first-order valence-electron chi connectivity index (χ1n) is 6.23. The zero-order chi connectivity index (χ0) is 13.7. The van der Waals surface area contributed by atoms with Gasteiger partial charge in [-0.25, -0.2) is 0 Å². The summed E-state index contributed by atoms with van der Waals surface area (Å²) in [6.07, 6.45) is 1.30. The third-order valence-corrected chi connectivity index (χ3v) is 3.59. The lowest BCUT2D eigenvalue weighted by molar-refractivity contribution is -0.118. The quantitative estimate of drug-likeness (QED) is 0.833. The second kappa shape index (κ2) is 6.53. The van der Waals surface area contributed by atoms with E-state index in [1.165, 1.54) is 5.56 Å². The van der Waals surface area contributed by atoms with Crippen LogP contribution >= 0.6 is 15.9 Å². The van der Waals surface area contributed by atoms with E-state index in [9.17, 15) is 4.79 Å². The second-order valence-corrected chi connectivity index (χ2v) is 5.33.